The second-order valence-electron chi connectivity index (χ2n) is 5.96. The minimum atomic E-state index is -0.437. The fourth-order valence-corrected chi connectivity index (χ4v) is 3.40. The number of hydrogen-bond donors (Lipinski definition) is 1. The molecule has 1 aromatic rings. The first-order valence-corrected chi connectivity index (χ1v) is 7.22. The van der Waals surface area contributed by atoms with Crippen LogP contribution in [0.5, 0.6) is 5.75 Å². The second-order valence-corrected chi connectivity index (χ2v) is 5.96. The molecule has 6 heteroatoms. The molecule has 21 heavy (non-hydrogen) atoms. The summed E-state index contributed by atoms with van der Waals surface area (Å²) < 4.78 is 0. The minimum absolute atomic E-state index is 0.0613. The van der Waals surface area contributed by atoms with E-state index in [4.69, 9.17) is 0 Å². The lowest BCUT2D eigenvalue weighted by Gasteiger charge is -2.37. The lowest BCUT2D eigenvalue weighted by Crippen LogP contribution is -2.48. The molecule has 1 spiro atoms. The molecular weight excluding hydrogens is 270 g/mol. The fourth-order valence-electron chi connectivity index (χ4n) is 3.40. The molecule has 0 radical (unpaired) electrons. The maximum atomic E-state index is 12.5. The summed E-state index contributed by atoms with van der Waals surface area (Å²) in [5.74, 6) is -0.282. The zero-order valence-corrected chi connectivity index (χ0v) is 12.1. The van der Waals surface area contributed by atoms with Gasteiger partial charge in [0, 0.05) is 32.9 Å². The molecule has 0 aromatic carbocycles. The molecule has 2 aliphatic rings. The molecule has 2 amide bonds. The van der Waals surface area contributed by atoms with Gasteiger partial charge in [0.25, 0.3) is 5.91 Å². The van der Waals surface area contributed by atoms with E-state index in [1.165, 1.54) is 12.3 Å². The smallest absolute Gasteiger partial charge is 0.276 e. The molecule has 2 fully saturated rings. The van der Waals surface area contributed by atoms with Gasteiger partial charge < -0.3 is 14.9 Å². The van der Waals surface area contributed by atoms with Crippen molar-refractivity contribution in [3.05, 3.63) is 24.0 Å². The van der Waals surface area contributed by atoms with E-state index >= 15 is 0 Å². The van der Waals surface area contributed by atoms with Crippen LogP contribution in [0.1, 0.15) is 29.8 Å². The molecule has 1 aromatic heterocycles. The highest BCUT2D eigenvalue weighted by Crippen LogP contribution is 2.40. The summed E-state index contributed by atoms with van der Waals surface area (Å²) in [6.45, 7) is 1.75. The van der Waals surface area contributed by atoms with E-state index in [0.717, 1.165) is 19.4 Å². The Labute approximate surface area is 123 Å². The van der Waals surface area contributed by atoms with Gasteiger partial charge in [-0.3, -0.25) is 9.59 Å². The van der Waals surface area contributed by atoms with Crippen molar-refractivity contribution in [2.45, 2.75) is 19.3 Å². The summed E-state index contributed by atoms with van der Waals surface area (Å²) >= 11 is 0. The van der Waals surface area contributed by atoms with Crippen molar-refractivity contribution >= 4 is 11.8 Å². The summed E-state index contributed by atoms with van der Waals surface area (Å²) in [6, 6.07) is 3.03. The molecule has 1 unspecified atom stereocenters. The van der Waals surface area contributed by atoms with Crippen molar-refractivity contribution in [2.24, 2.45) is 5.41 Å². The first-order chi connectivity index (χ1) is 10.0. The number of hydrogen-bond acceptors (Lipinski definition) is 4. The molecule has 0 saturated carbocycles. The third-order valence-electron chi connectivity index (χ3n) is 4.58. The summed E-state index contributed by atoms with van der Waals surface area (Å²) in [5, 5.41) is 9.75. The summed E-state index contributed by atoms with van der Waals surface area (Å²) in [6.07, 6.45) is 3.97. The first kappa shape index (κ1) is 13.9. The lowest BCUT2D eigenvalue weighted by atomic mass is 9.78. The van der Waals surface area contributed by atoms with Crippen molar-refractivity contribution in [3.63, 3.8) is 0 Å². The van der Waals surface area contributed by atoms with Gasteiger partial charge in [-0.05, 0) is 31.4 Å². The Morgan fingerprint density at radius 3 is 2.95 bits per heavy atom. The van der Waals surface area contributed by atoms with Crippen LogP contribution in [0.25, 0.3) is 0 Å². The van der Waals surface area contributed by atoms with E-state index in [-0.39, 0.29) is 23.3 Å². The molecule has 2 aliphatic heterocycles. The molecule has 1 N–H and O–H groups in total. The molecule has 3 rings (SSSR count). The van der Waals surface area contributed by atoms with Gasteiger partial charge in [-0.2, -0.15) is 0 Å². The Morgan fingerprint density at radius 1 is 1.38 bits per heavy atom. The highest BCUT2D eigenvalue weighted by Gasteiger charge is 2.48. The Bertz CT molecular complexity index is 589. The number of carbonyl (C=O) groups excluding carboxylic acids is 2. The van der Waals surface area contributed by atoms with Crippen molar-refractivity contribution < 1.29 is 14.7 Å². The van der Waals surface area contributed by atoms with E-state index in [0.29, 0.717) is 19.5 Å². The van der Waals surface area contributed by atoms with Gasteiger partial charge in [0.2, 0.25) is 5.91 Å². The number of aromatic hydroxyl groups is 1. The Kier molecular flexibility index (Phi) is 3.31. The number of nitrogens with zero attached hydrogens (tertiary/aromatic N) is 3. The van der Waals surface area contributed by atoms with Crippen LogP contribution in [0.15, 0.2) is 18.3 Å². The van der Waals surface area contributed by atoms with Gasteiger partial charge in [-0.15, -0.1) is 0 Å². The Hall–Kier alpha value is -2.11. The van der Waals surface area contributed by atoms with E-state index in [9.17, 15) is 14.7 Å². The van der Waals surface area contributed by atoms with E-state index in [2.05, 4.69) is 4.98 Å². The quantitative estimate of drug-likeness (QED) is 0.832. The minimum Gasteiger partial charge on any atom is -0.505 e. The highest BCUT2D eigenvalue weighted by atomic mass is 16.3. The van der Waals surface area contributed by atoms with Crippen LogP contribution >= 0.6 is 0 Å². The van der Waals surface area contributed by atoms with E-state index < -0.39 is 5.41 Å². The van der Waals surface area contributed by atoms with E-state index in [1.54, 1.807) is 15.9 Å². The summed E-state index contributed by atoms with van der Waals surface area (Å²) in [5.41, 5.74) is -0.376. The maximum absolute atomic E-state index is 12.5. The zero-order chi connectivity index (χ0) is 15.0. The predicted molar refractivity (Wildman–Crippen MR) is 75.7 cm³/mol. The van der Waals surface area contributed by atoms with Crippen molar-refractivity contribution in [3.8, 4) is 5.75 Å². The average molecular weight is 289 g/mol. The van der Waals surface area contributed by atoms with Crippen molar-refractivity contribution in [1.82, 2.24) is 14.8 Å². The molecule has 0 aliphatic carbocycles. The third-order valence-corrected chi connectivity index (χ3v) is 4.58. The van der Waals surface area contributed by atoms with Crippen molar-refractivity contribution in [2.75, 3.05) is 26.7 Å². The molecule has 112 valence electrons. The number of carbonyl (C=O) groups is 2. The predicted octanol–water partition coefficient (Wildman–Crippen LogP) is 0.872. The number of pyridine rings is 1. The molecular formula is C15H19N3O3. The molecule has 2 saturated heterocycles. The lowest BCUT2D eigenvalue weighted by molar-refractivity contribution is -0.143. The van der Waals surface area contributed by atoms with Gasteiger partial charge in [-0.1, -0.05) is 0 Å². The SMILES string of the molecule is CN1CCCC2(CCN(C(=O)c3ncccc3O)C2)C1=O. The fraction of sp³-hybridized carbons (Fsp3) is 0.533. The van der Waals surface area contributed by atoms with Gasteiger partial charge in [0.15, 0.2) is 5.69 Å². The number of piperidine rings is 1. The van der Waals surface area contributed by atoms with Crippen molar-refractivity contribution in [1.29, 1.82) is 0 Å². The number of rotatable bonds is 1. The Balaban J connectivity index is 1.80. The van der Waals surface area contributed by atoms with Gasteiger partial charge in [0.1, 0.15) is 5.75 Å². The normalized spacial score (nSPS) is 25.7. The largest absolute Gasteiger partial charge is 0.505 e. The number of amides is 2. The maximum Gasteiger partial charge on any atom is 0.276 e. The number of likely N-dealkylation sites (tertiary alicyclic amines) is 2. The molecule has 1 atom stereocenters. The monoisotopic (exact) mass is 289 g/mol. The molecule has 3 heterocycles. The first-order valence-electron chi connectivity index (χ1n) is 7.22. The van der Waals surface area contributed by atoms with Crippen LogP contribution in [-0.4, -0.2) is 58.4 Å². The Morgan fingerprint density at radius 2 is 2.19 bits per heavy atom. The molecule has 6 nitrogen and oxygen atoms in total. The third kappa shape index (κ3) is 2.24. The summed E-state index contributed by atoms with van der Waals surface area (Å²) in [4.78, 5) is 32.3. The van der Waals surface area contributed by atoms with Gasteiger partial charge in [0.05, 0.1) is 5.41 Å². The molecule has 0 bridgehead atoms. The van der Waals surface area contributed by atoms with Crippen LogP contribution in [0, 0.1) is 5.41 Å². The highest BCUT2D eigenvalue weighted by molar-refractivity contribution is 5.96. The zero-order valence-electron chi connectivity index (χ0n) is 12.1. The van der Waals surface area contributed by atoms with Gasteiger partial charge in [-0.25, -0.2) is 4.98 Å². The van der Waals surface area contributed by atoms with Crippen LogP contribution in [0.4, 0.5) is 0 Å². The average Bonchev–Trinajstić information content (AvgIpc) is 2.90. The van der Waals surface area contributed by atoms with Crippen LogP contribution in [-0.2, 0) is 4.79 Å². The van der Waals surface area contributed by atoms with Crippen LogP contribution < -0.4 is 0 Å². The summed E-state index contributed by atoms with van der Waals surface area (Å²) in [7, 11) is 1.82. The van der Waals surface area contributed by atoms with Crippen LogP contribution in [0.2, 0.25) is 0 Å². The number of aromatic nitrogens is 1. The second kappa shape index (κ2) is 5.02. The topological polar surface area (TPSA) is 73.7 Å². The van der Waals surface area contributed by atoms with Gasteiger partial charge >= 0.3 is 0 Å². The van der Waals surface area contributed by atoms with Crippen LogP contribution in [0.3, 0.4) is 0 Å². The van der Waals surface area contributed by atoms with E-state index in [1.807, 2.05) is 7.05 Å². The standard InChI is InChI=1S/C15H19N3O3/c1-17-8-3-5-15(14(17)21)6-9-18(10-15)13(20)12-11(19)4-2-7-16-12/h2,4,7,19H,3,5-6,8-10H2,1H3.